The first-order valence-corrected chi connectivity index (χ1v) is 6.95. The molecule has 1 rings (SSSR count). The fraction of sp³-hybridized carbons (Fsp3) is 0.385. The van der Waals surface area contributed by atoms with E-state index in [2.05, 4.69) is 15.9 Å². The molecule has 0 spiro atoms. The van der Waals surface area contributed by atoms with Gasteiger partial charge in [0.2, 0.25) is 0 Å². The van der Waals surface area contributed by atoms with E-state index in [0.717, 1.165) is 11.8 Å². The summed E-state index contributed by atoms with van der Waals surface area (Å²) in [6.07, 6.45) is 0.763. The van der Waals surface area contributed by atoms with Crippen molar-refractivity contribution in [3.8, 4) is 5.75 Å². The summed E-state index contributed by atoms with van der Waals surface area (Å²) >= 11 is 3.26. The fourth-order valence-electron chi connectivity index (χ4n) is 1.40. The molecule has 0 saturated carbocycles. The molecular formula is C13H15BrO5. The Labute approximate surface area is 119 Å². The number of alkyl halides is 1. The van der Waals surface area contributed by atoms with Crippen LogP contribution in [0.15, 0.2) is 18.2 Å². The van der Waals surface area contributed by atoms with Crippen molar-refractivity contribution in [1.29, 1.82) is 0 Å². The topological polar surface area (TPSA) is 72.8 Å². The molecule has 0 heterocycles. The second kappa shape index (κ2) is 7.78. The Hall–Kier alpha value is -1.56. The first-order valence-electron chi connectivity index (χ1n) is 5.83. The minimum absolute atomic E-state index is 0.0416. The molecule has 0 atom stereocenters. The standard InChI is InChI=1S/C13H15BrO5/c1-2-18-13(17)9-4-5-11(19-7-3-6-14)10(8-9)12(15)16/h4-5,8H,2-3,6-7H2,1H3,(H,15,16). The Morgan fingerprint density at radius 3 is 2.68 bits per heavy atom. The van der Waals surface area contributed by atoms with Gasteiger partial charge < -0.3 is 14.6 Å². The molecular weight excluding hydrogens is 316 g/mol. The zero-order valence-corrected chi connectivity index (χ0v) is 12.1. The van der Waals surface area contributed by atoms with Gasteiger partial charge in [-0.15, -0.1) is 0 Å². The smallest absolute Gasteiger partial charge is 0.339 e. The number of hydrogen-bond acceptors (Lipinski definition) is 4. The zero-order chi connectivity index (χ0) is 14.3. The Balaban J connectivity index is 2.94. The zero-order valence-electron chi connectivity index (χ0n) is 10.5. The van der Waals surface area contributed by atoms with Gasteiger partial charge in [-0.2, -0.15) is 0 Å². The van der Waals surface area contributed by atoms with Crippen molar-refractivity contribution in [1.82, 2.24) is 0 Å². The van der Waals surface area contributed by atoms with Crippen molar-refractivity contribution < 1.29 is 24.2 Å². The van der Waals surface area contributed by atoms with Crippen LogP contribution in [0.2, 0.25) is 0 Å². The lowest BCUT2D eigenvalue weighted by molar-refractivity contribution is 0.0526. The molecule has 0 unspecified atom stereocenters. The second-order valence-electron chi connectivity index (χ2n) is 3.63. The molecule has 0 aromatic heterocycles. The molecule has 0 aliphatic rings. The molecule has 0 fully saturated rings. The molecule has 1 aromatic rings. The second-order valence-corrected chi connectivity index (χ2v) is 4.42. The van der Waals surface area contributed by atoms with E-state index in [-0.39, 0.29) is 23.5 Å². The van der Waals surface area contributed by atoms with E-state index in [0.29, 0.717) is 6.61 Å². The molecule has 1 aromatic carbocycles. The van der Waals surface area contributed by atoms with Crippen LogP contribution >= 0.6 is 15.9 Å². The van der Waals surface area contributed by atoms with E-state index < -0.39 is 11.9 Å². The first-order chi connectivity index (χ1) is 9.10. The molecule has 0 aliphatic carbocycles. The number of rotatable bonds is 7. The number of esters is 1. The van der Waals surface area contributed by atoms with Crippen LogP contribution < -0.4 is 4.74 Å². The van der Waals surface area contributed by atoms with Crippen LogP contribution in [-0.2, 0) is 4.74 Å². The van der Waals surface area contributed by atoms with Gasteiger partial charge in [-0.1, -0.05) is 15.9 Å². The highest BCUT2D eigenvalue weighted by molar-refractivity contribution is 9.09. The summed E-state index contributed by atoms with van der Waals surface area (Å²) in [6.45, 7) is 2.34. The van der Waals surface area contributed by atoms with Crippen molar-refractivity contribution in [2.24, 2.45) is 0 Å². The Morgan fingerprint density at radius 1 is 1.37 bits per heavy atom. The number of ether oxygens (including phenoxy) is 2. The largest absolute Gasteiger partial charge is 0.493 e. The van der Waals surface area contributed by atoms with Crippen LogP contribution in [0, 0.1) is 0 Å². The molecule has 0 saturated heterocycles. The highest BCUT2D eigenvalue weighted by Gasteiger charge is 2.16. The minimum Gasteiger partial charge on any atom is -0.493 e. The molecule has 1 N–H and O–H groups in total. The van der Waals surface area contributed by atoms with E-state index in [1.54, 1.807) is 6.92 Å². The van der Waals surface area contributed by atoms with Crippen LogP contribution in [0.4, 0.5) is 0 Å². The average Bonchev–Trinajstić information content (AvgIpc) is 2.39. The summed E-state index contributed by atoms with van der Waals surface area (Å²) in [5.41, 5.74) is 0.159. The summed E-state index contributed by atoms with van der Waals surface area (Å²) in [5, 5.41) is 9.89. The molecule has 104 valence electrons. The third-order valence-corrected chi connectivity index (χ3v) is 2.82. The lowest BCUT2D eigenvalue weighted by atomic mass is 10.1. The Kier molecular flexibility index (Phi) is 6.35. The monoisotopic (exact) mass is 330 g/mol. The van der Waals surface area contributed by atoms with Gasteiger partial charge >= 0.3 is 11.9 Å². The van der Waals surface area contributed by atoms with Crippen LogP contribution in [0.1, 0.15) is 34.1 Å². The number of aromatic carboxylic acids is 1. The number of carboxylic acids is 1. The predicted molar refractivity (Wildman–Crippen MR) is 73.3 cm³/mol. The maximum Gasteiger partial charge on any atom is 0.339 e. The van der Waals surface area contributed by atoms with Gasteiger partial charge in [-0.25, -0.2) is 9.59 Å². The maximum absolute atomic E-state index is 11.5. The summed E-state index contributed by atoms with van der Waals surface area (Å²) < 4.78 is 10.2. The minimum atomic E-state index is -1.14. The molecule has 6 heteroatoms. The molecule has 0 radical (unpaired) electrons. The van der Waals surface area contributed by atoms with Gasteiger partial charge in [0.05, 0.1) is 18.8 Å². The van der Waals surface area contributed by atoms with Crippen LogP contribution in [0.25, 0.3) is 0 Å². The van der Waals surface area contributed by atoms with Gasteiger partial charge in [-0.05, 0) is 31.5 Å². The van der Waals surface area contributed by atoms with Gasteiger partial charge in [-0.3, -0.25) is 0 Å². The molecule has 0 bridgehead atoms. The number of halogens is 1. The van der Waals surface area contributed by atoms with Crippen molar-refractivity contribution in [2.45, 2.75) is 13.3 Å². The normalized spacial score (nSPS) is 10.0. The maximum atomic E-state index is 11.5. The highest BCUT2D eigenvalue weighted by atomic mass is 79.9. The van der Waals surface area contributed by atoms with Gasteiger partial charge in [0.1, 0.15) is 11.3 Å². The lowest BCUT2D eigenvalue weighted by Gasteiger charge is -2.10. The quantitative estimate of drug-likeness (QED) is 0.472. The number of hydrogen-bond donors (Lipinski definition) is 1. The van der Waals surface area contributed by atoms with Crippen molar-refractivity contribution in [3.63, 3.8) is 0 Å². The summed E-state index contributed by atoms with van der Waals surface area (Å²) in [6, 6.07) is 4.24. The number of carbonyl (C=O) groups is 2. The van der Waals surface area contributed by atoms with Crippen molar-refractivity contribution in [3.05, 3.63) is 29.3 Å². The van der Waals surface area contributed by atoms with Gasteiger partial charge in [0.25, 0.3) is 0 Å². The summed E-state index contributed by atoms with van der Waals surface area (Å²) in [7, 11) is 0. The molecule has 0 aliphatic heterocycles. The fourth-order valence-corrected chi connectivity index (χ4v) is 1.63. The van der Waals surface area contributed by atoms with Crippen molar-refractivity contribution >= 4 is 27.9 Å². The first kappa shape index (κ1) is 15.5. The van der Waals surface area contributed by atoms with E-state index in [4.69, 9.17) is 14.6 Å². The van der Waals surface area contributed by atoms with Gasteiger partial charge in [0.15, 0.2) is 0 Å². The summed E-state index contributed by atoms with van der Waals surface area (Å²) in [4.78, 5) is 22.7. The van der Waals surface area contributed by atoms with E-state index in [1.807, 2.05) is 0 Å². The van der Waals surface area contributed by atoms with E-state index >= 15 is 0 Å². The number of benzene rings is 1. The SMILES string of the molecule is CCOC(=O)c1ccc(OCCCBr)c(C(=O)O)c1. The summed E-state index contributed by atoms with van der Waals surface area (Å²) in [5.74, 6) is -1.43. The molecule has 5 nitrogen and oxygen atoms in total. The van der Waals surface area contributed by atoms with E-state index in [1.165, 1.54) is 18.2 Å². The van der Waals surface area contributed by atoms with Crippen LogP contribution in [-0.4, -0.2) is 35.6 Å². The van der Waals surface area contributed by atoms with Crippen LogP contribution in [0.3, 0.4) is 0 Å². The van der Waals surface area contributed by atoms with Crippen LogP contribution in [0.5, 0.6) is 5.75 Å². The van der Waals surface area contributed by atoms with Gasteiger partial charge in [0, 0.05) is 5.33 Å². The Morgan fingerprint density at radius 2 is 2.11 bits per heavy atom. The average molecular weight is 331 g/mol. The van der Waals surface area contributed by atoms with E-state index in [9.17, 15) is 9.59 Å². The third-order valence-electron chi connectivity index (χ3n) is 2.26. The highest BCUT2D eigenvalue weighted by Crippen LogP contribution is 2.21. The molecule has 19 heavy (non-hydrogen) atoms. The van der Waals surface area contributed by atoms with Crippen molar-refractivity contribution in [2.75, 3.05) is 18.5 Å². The number of carbonyl (C=O) groups excluding carboxylic acids is 1. The number of carboxylic acid groups (broad SMARTS) is 1. The third kappa shape index (κ3) is 4.55. The Bertz CT molecular complexity index is 458. The molecule has 0 amide bonds. The predicted octanol–water partition coefficient (Wildman–Crippen LogP) is 2.73. The lowest BCUT2D eigenvalue weighted by Crippen LogP contribution is -2.09.